The van der Waals surface area contributed by atoms with E-state index in [-0.39, 0.29) is 16.9 Å². The largest absolute Gasteiger partial charge is 0.464 e. The van der Waals surface area contributed by atoms with Gasteiger partial charge in [0.15, 0.2) is 11.3 Å². The SMILES string of the molecule is CCc1oc2c(-n3cc(C#N)c(N)c3C(=O)OC)cc(Cl)cc2c1C. The Balaban J connectivity index is 2.41. The fourth-order valence-electron chi connectivity index (χ4n) is 2.94. The van der Waals surface area contributed by atoms with Crippen molar-refractivity contribution in [3.63, 3.8) is 0 Å². The number of methoxy groups -OCH3 is 1. The van der Waals surface area contributed by atoms with Gasteiger partial charge in [-0.3, -0.25) is 0 Å². The van der Waals surface area contributed by atoms with Crippen molar-refractivity contribution in [2.45, 2.75) is 20.3 Å². The molecule has 0 aliphatic heterocycles. The van der Waals surface area contributed by atoms with Crippen LogP contribution in [0.3, 0.4) is 0 Å². The van der Waals surface area contributed by atoms with E-state index in [1.165, 1.54) is 17.9 Å². The number of nitrogens with zero attached hydrogens (tertiary/aromatic N) is 2. The highest BCUT2D eigenvalue weighted by atomic mass is 35.5. The van der Waals surface area contributed by atoms with E-state index in [0.717, 1.165) is 23.1 Å². The van der Waals surface area contributed by atoms with Gasteiger partial charge < -0.3 is 19.5 Å². The average molecular weight is 358 g/mol. The fourth-order valence-corrected chi connectivity index (χ4v) is 3.15. The predicted octanol–water partition coefficient (Wildman–Crippen LogP) is 3.99. The number of ether oxygens (including phenoxy) is 1. The standard InChI is InChI=1S/C18H16ClN3O3/c1-4-14-9(2)12-5-11(19)6-13(17(12)25-14)22-8-10(7-20)15(21)16(22)18(23)24-3/h5-6,8H,4,21H2,1-3H3. The summed E-state index contributed by atoms with van der Waals surface area (Å²) in [5.74, 6) is 0.185. The van der Waals surface area contributed by atoms with Gasteiger partial charge in [-0.05, 0) is 24.6 Å². The van der Waals surface area contributed by atoms with Crippen LogP contribution in [0.4, 0.5) is 5.69 Å². The lowest BCUT2D eigenvalue weighted by molar-refractivity contribution is 0.0593. The summed E-state index contributed by atoms with van der Waals surface area (Å²) in [6.07, 6.45) is 2.20. The minimum absolute atomic E-state index is 0.0569. The fraction of sp³-hybridized carbons (Fsp3) is 0.222. The normalized spacial score (nSPS) is 10.8. The molecule has 2 heterocycles. The minimum Gasteiger partial charge on any atom is -0.464 e. The summed E-state index contributed by atoms with van der Waals surface area (Å²) in [6, 6.07) is 5.46. The number of fused-ring (bicyclic) bond motifs is 1. The van der Waals surface area contributed by atoms with Crippen molar-refractivity contribution in [3.8, 4) is 11.8 Å². The molecule has 0 amide bonds. The van der Waals surface area contributed by atoms with Crippen LogP contribution in [0, 0.1) is 18.3 Å². The number of esters is 1. The Morgan fingerprint density at radius 2 is 2.20 bits per heavy atom. The molecule has 128 valence electrons. The average Bonchev–Trinajstić information content (AvgIpc) is 3.11. The molecule has 0 atom stereocenters. The van der Waals surface area contributed by atoms with Crippen molar-refractivity contribution >= 4 is 34.2 Å². The summed E-state index contributed by atoms with van der Waals surface area (Å²) in [4.78, 5) is 12.2. The molecule has 0 radical (unpaired) electrons. The summed E-state index contributed by atoms with van der Waals surface area (Å²) in [6.45, 7) is 3.95. The van der Waals surface area contributed by atoms with E-state index in [1.807, 2.05) is 26.0 Å². The second-order valence-corrected chi connectivity index (χ2v) is 6.02. The molecule has 0 saturated carbocycles. The smallest absolute Gasteiger partial charge is 0.357 e. The van der Waals surface area contributed by atoms with Crippen molar-refractivity contribution in [2.24, 2.45) is 0 Å². The minimum atomic E-state index is -0.647. The van der Waals surface area contributed by atoms with Gasteiger partial charge in [0.25, 0.3) is 0 Å². The summed E-state index contributed by atoms with van der Waals surface area (Å²) in [5.41, 5.74) is 8.35. The highest BCUT2D eigenvalue weighted by Crippen LogP contribution is 2.35. The number of nitriles is 1. The Kier molecular flexibility index (Phi) is 4.19. The first-order chi connectivity index (χ1) is 11.9. The number of aryl methyl sites for hydroxylation is 2. The first-order valence-electron chi connectivity index (χ1n) is 7.64. The lowest BCUT2D eigenvalue weighted by atomic mass is 10.1. The molecule has 0 aliphatic rings. The van der Waals surface area contributed by atoms with E-state index >= 15 is 0 Å². The van der Waals surface area contributed by atoms with Gasteiger partial charge in [-0.2, -0.15) is 5.26 Å². The van der Waals surface area contributed by atoms with E-state index in [4.69, 9.17) is 26.5 Å². The van der Waals surface area contributed by atoms with Gasteiger partial charge >= 0.3 is 5.97 Å². The summed E-state index contributed by atoms with van der Waals surface area (Å²) < 4.78 is 12.3. The predicted molar refractivity (Wildman–Crippen MR) is 95.1 cm³/mol. The lowest BCUT2D eigenvalue weighted by Gasteiger charge is -2.09. The van der Waals surface area contributed by atoms with Gasteiger partial charge in [-0.15, -0.1) is 0 Å². The zero-order valence-electron chi connectivity index (χ0n) is 14.0. The van der Waals surface area contributed by atoms with Gasteiger partial charge in [0.1, 0.15) is 11.8 Å². The molecule has 2 N–H and O–H groups in total. The van der Waals surface area contributed by atoms with Crippen molar-refractivity contribution < 1.29 is 13.9 Å². The molecule has 0 fully saturated rings. The summed E-state index contributed by atoms with van der Waals surface area (Å²) in [7, 11) is 1.25. The van der Waals surface area contributed by atoms with E-state index in [2.05, 4.69) is 0 Å². The zero-order valence-corrected chi connectivity index (χ0v) is 14.8. The number of hydrogen-bond acceptors (Lipinski definition) is 5. The molecule has 1 aromatic carbocycles. The number of aromatic nitrogens is 1. The Labute approximate surface area is 149 Å². The van der Waals surface area contributed by atoms with E-state index in [1.54, 1.807) is 6.07 Å². The van der Waals surface area contributed by atoms with Gasteiger partial charge in [0.05, 0.1) is 24.0 Å². The van der Waals surface area contributed by atoms with E-state index in [0.29, 0.717) is 16.3 Å². The third-order valence-corrected chi connectivity index (χ3v) is 4.42. The number of benzene rings is 1. The molecular weight excluding hydrogens is 342 g/mol. The number of halogens is 1. The molecule has 0 aliphatic carbocycles. The number of carbonyl (C=O) groups is 1. The first-order valence-corrected chi connectivity index (χ1v) is 8.01. The first kappa shape index (κ1) is 16.9. The highest BCUT2D eigenvalue weighted by molar-refractivity contribution is 6.31. The van der Waals surface area contributed by atoms with E-state index in [9.17, 15) is 10.1 Å². The van der Waals surface area contributed by atoms with Gasteiger partial charge in [0.2, 0.25) is 0 Å². The number of furan rings is 1. The second kappa shape index (κ2) is 6.19. The molecule has 0 unspecified atom stereocenters. The maximum atomic E-state index is 12.2. The van der Waals surface area contributed by atoms with Crippen LogP contribution in [0.1, 0.15) is 34.3 Å². The Bertz CT molecular complexity index is 1040. The molecule has 25 heavy (non-hydrogen) atoms. The van der Waals surface area contributed by atoms with Gasteiger partial charge in [-0.25, -0.2) is 4.79 Å². The third-order valence-electron chi connectivity index (χ3n) is 4.21. The highest BCUT2D eigenvalue weighted by Gasteiger charge is 2.24. The molecule has 0 saturated heterocycles. The number of nitrogen functional groups attached to an aromatic ring is 1. The van der Waals surface area contributed by atoms with Crippen LogP contribution in [0.15, 0.2) is 22.7 Å². The summed E-state index contributed by atoms with van der Waals surface area (Å²) in [5, 5.41) is 10.6. The molecule has 0 bridgehead atoms. The summed E-state index contributed by atoms with van der Waals surface area (Å²) >= 11 is 6.28. The monoisotopic (exact) mass is 357 g/mol. The molecule has 2 aromatic heterocycles. The molecule has 0 spiro atoms. The van der Waals surface area contributed by atoms with Crippen LogP contribution in [0.5, 0.6) is 0 Å². The Morgan fingerprint density at radius 1 is 1.48 bits per heavy atom. The van der Waals surface area contributed by atoms with Crippen LogP contribution in [-0.4, -0.2) is 17.6 Å². The van der Waals surface area contributed by atoms with Crippen molar-refractivity contribution in [3.05, 3.63) is 45.9 Å². The maximum absolute atomic E-state index is 12.2. The topological polar surface area (TPSA) is 94.2 Å². The molecule has 7 heteroatoms. The van der Waals surface area contributed by atoms with Crippen molar-refractivity contribution in [1.29, 1.82) is 5.26 Å². The number of rotatable bonds is 3. The Morgan fingerprint density at radius 3 is 2.80 bits per heavy atom. The zero-order chi connectivity index (χ0) is 18.3. The Hall–Kier alpha value is -2.91. The quantitative estimate of drug-likeness (QED) is 0.715. The molecular formula is C18H16ClN3O3. The maximum Gasteiger partial charge on any atom is 0.357 e. The molecule has 3 aromatic rings. The number of carbonyl (C=O) groups excluding carboxylic acids is 1. The van der Waals surface area contributed by atoms with Crippen LogP contribution in [0.2, 0.25) is 5.02 Å². The van der Waals surface area contributed by atoms with Crippen molar-refractivity contribution in [1.82, 2.24) is 4.57 Å². The van der Waals surface area contributed by atoms with Gasteiger partial charge in [0, 0.05) is 23.0 Å². The van der Waals surface area contributed by atoms with Crippen LogP contribution in [-0.2, 0) is 11.2 Å². The third kappa shape index (κ3) is 2.53. The number of anilines is 1. The van der Waals surface area contributed by atoms with Crippen molar-refractivity contribution in [2.75, 3.05) is 12.8 Å². The van der Waals surface area contributed by atoms with Crippen LogP contribution < -0.4 is 5.73 Å². The number of nitrogens with two attached hydrogens (primary N) is 1. The van der Waals surface area contributed by atoms with Gasteiger partial charge in [-0.1, -0.05) is 18.5 Å². The number of hydrogen-bond donors (Lipinski definition) is 1. The van der Waals surface area contributed by atoms with Crippen LogP contribution >= 0.6 is 11.6 Å². The molecule has 6 nitrogen and oxygen atoms in total. The molecule has 3 rings (SSSR count). The second-order valence-electron chi connectivity index (χ2n) is 5.58. The van der Waals surface area contributed by atoms with E-state index < -0.39 is 5.97 Å². The van der Waals surface area contributed by atoms with Crippen LogP contribution in [0.25, 0.3) is 16.7 Å². The lowest BCUT2D eigenvalue weighted by Crippen LogP contribution is -2.11.